The number of nitrogens with two attached hydrogens (primary N) is 1. The molecule has 4 heteroatoms. The molecular weight excluding hydrogens is 230 g/mol. The van der Waals surface area contributed by atoms with Crippen LogP contribution in [0.4, 0.5) is 0 Å². The van der Waals surface area contributed by atoms with E-state index in [2.05, 4.69) is 30.3 Å². The lowest BCUT2D eigenvalue weighted by atomic mass is 10.0. The van der Waals surface area contributed by atoms with Gasteiger partial charge in [0.15, 0.2) is 0 Å². The van der Waals surface area contributed by atoms with Crippen molar-refractivity contribution >= 4 is 16.9 Å². The van der Waals surface area contributed by atoms with Crippen LogP contribution in [-0.4, -0.2) is 19.8 Å². The van der Waals surface area contributed by atoms with Gasteiger partial charge in [0, 0.05) is 0 Å². The first kappa shape index (κ1) is 13.9. The Morgan fingerprint density at radius 1 is 1.22 bits per heavy atom. The van der Waals surface area contributed by atoms with Gasteiger partial charge in [-0.3, -0.25) is 0 Å². The number of methoxy groups -OCH3 is 1. The lowest BCUT2D eigenvalue weighted by Crippen LogP contribution is -2.03. The molecule has 0 aliphatic rings. The molecule has 2 rings (SSSR count). The van der Waals surface area contributed by atoms with Gasteiger partial charge in [0.25, 0.3) is 0 Å². The molecule has 0 saturated heterocycles. The largest absolute Gasteiger partial charge is 0.497 e. The standard InChI is InChI=1S/C13H15NO.CO2/c1-15-12-6-5-10-3-2-4-11(7-8-14)13(10)9-12;2-1-3/h2-6,9H,7-8,14H2,1H3;. The summed E-state index contributed by atoms with van der Waals surface area (Å²) >= 11 is 0. The van der Waals surface area contributed by atoms with E-state index >= 15 is 0 Å². The lowest BCUT2D eigenvalue weighted by molar-refractivity contribution is -0.191. The third-order valence-electron chi connectivity index (χ3n) is 2.59. The Morgan fingerprint density at radius 2 is 1.94 bits per heavy atom. The van der Waals surface area contributed by atoms with E-state index in [0.29, 0.717) is 6.54 Å². The van der Waals surface area contributed by atoms with Crippen LogP contribution in [0.2, 0.25) is 0 Å². The molecule has 0 saturated carbocycles. The van der Waals surface area contributed by atoms with Gasteiger partial charge in [-0.1, -0.05) is 24.3 Å². The molecule has 0 atom stereocenters. The summed E-state index contributed by atoms with van der Waals surface area (Å²) in [7, 11) is 1.69. The van der Waals surface area contributed by atoms with Crippen LogP contribution in [0, 0.1) is 0 Å². The first-order chi connectivity index (χ1) is 8.76. The van der Waals surface area contributed by atoms with Gasteiger partial charge < -0.3 is 10.5 Å². The van der Waals surface area contributed by atoms with E-state index in [1.807, 2.05) is 6.07 Å². The fraction of sp³-hybridized carbons (Fsp3) is 0.214. The Morgan fingerprint density at radius 3 is 2.56 bits per heavy atom. The normalized spacial score (nSPS) is 9.22. The average Bonchev–Trinajstić information content (AvgIpc) is 2.40. The molecule has 0 spiro atoms. The second-order valence-corrected chi connectivity index (χ2v) is 3.63. The molecule has 2 aromatic carbocycles. The van der Waals surface area contributed by atoms with Crippen LogP contribution >= 0.6 is 0 Å². The molecule has 0 aliphatic heterocycles. The molecule has 0 aliphatic carbocycles. The molecular formula is C14H15NO3. The molecule has 0 fully saturated rings. The molecule has 4 nitrogen and oxygen atoms in total. The molecule has 0 radical (unpaired) electrons. The highest BCUT2D eigenvalue weighted by Gasteiger charge is 2.01. The Kier molecular flexibility index (Phi) is 5.58. The van der Waals surface area contributed by atoms with Crippen LogP contribution < -0.4 is 10.5 Å². The highest BCUT2D eigenvalue weighted by Crippen LogP contribution is 2.24. The highest BCUT2D eigenvalue weighted by molar-refractivity contribution is 5.87. The molecule has 2 aromatic rings. The van der Waals surface area contributed by atoms with E-state index < -0.39 is 0 Å². The summed E-state index contributed by atoms with van der Waals surface area (Å²) in [6.45, 7) is 0.677. The monoisotopic (exact) mass is 245 g/mol. The summed E-state index contributed by atoms with van der Waals surface area (Å²) in [4.78, 5) is 16.2. The smallest absolute Gasteiger partial charge is 0.373 e. The van der Waals surface area contributed by atoms with Gasteiger partial charge in [0.1, 0.15) is 5.75 Å². The number of fused-ring (bicyclic) bond motifs is 1. The van der Waals surface area contributed by atoms with Crippen LogP contribution in [-0.2, 0) is 16.0 Å². The van der Waals surface area contributed by atoms with Gasteiger partial charge in [-0.15, -0.1) is 0 Å². The molecule has 0 bridgehead atoms. The van der Waals surface area contributed by atoms with Crippen molar-refractivity contribution in [3.63, 3.8) is 0 Å². The number of benzene rings is 2. The van der Waals surface area contributed by atoms with Gasteiger partial charge in [0.05, 0.1) is 7.11 Å². The van der Waals surface area contributed by atoms with Crippen molar-refractivity contribution in [2.24, 2.45) is 5.73 Å². The number of carbonyl (C=O) groups excluding carboxylic acids is 2. The van der Waals surface area contributed by atoms with Crippen LogP contribution in [0.25, 0.3) is 10.8 Å². The zero-order chi connectivity index (χ0) is 13.4. The SMILES string of the molecule is COc1ccc2cccc(CCN)c2c1.O=C=O. The van der Waals surface area contributed by atoms with Gasteiger partial charge in [-0.25, -0.2) is 0 Å². The van der Waals surface area contributed by atoms with Gasteiger partial charge >= 0.3 is 6.15 Å². The maximum absolute atomic E-state index is 8.12. The quantitative estimate of drug-likeness (QED) is 0.894. The minimum atomic E-state index is 0.250. The highest BCUT2D eigenvalue weighted by atomic mass is 16.5. The van der Waals surface area contributed by atoms with E-state index in [9.17, 15) is 0 Å². The maximum Gasteiger partial charge on any atom is 0.373 e. The summed E-state index contributed by atoms with van der Waals surface area (Å²) < 4.78 is 5.22. The minimum absolute atomic E-state index is 0.250. The van der Waals surface area contributed by atoms with E-state index in [1.165, 1.54) is 16.3 Å². The molecule has 94 valence electrons. The van der Waals surface area contributed by atoms with Gasteiger partial charge in [-0.2, -0.15) is 9.59 Å². The van der Waals surface area contributed by atoms with Crippen molar-refractivity contribution in [1.82, 2.24) is 0 Å². The predicted molar refractivity (Wildman–Crippen MR) is 68.3 cm³/mol. The summed E-state index contributed by atoms with van der Waals surface area (Å²) in [5.41, 5.74) is 6.88. The Hall–Kier alpha value is -2.16. The van der Waals surface area contributed by atoms with Crippen molar-refractivity contribution < 1.29 is 14.3 Å². The Bertz CT molecular complexity index is 546. The maximum atomic E-state index is 8.12. The predicted octanol–water partition coefficient (Wildman–Crippen LogP) is 1.77. The third-order valence-corrected chi connectivity index (χ3v) is 2.59. The van der Waals surface area contributed by atoms with Crippen molar-refractivity contribution in [3.05, 3.63) is 42.0 Å². The summed E-state index contributed by atoms with van der Waals surface area (Å²) in [6.07, 6.45) is 1.16. The van der Waals surface area contributed by atoms with Gasteiger partial charge in [0.2, 0.25) is 0 Å². The number of ether oxygens (including phenoxy) is 1. The fourth-order valence-corrected chi connectivity index (χ4v) is 1.82. The minimum Gasteiger partial charge on any atom is -0.497 e. The Balaban J connectivity index is 0.000000492. The molecule has 0 unspecified atom stereocenters. The first-order valence-corrected chi connectivity index (χ1v) is 5.51. The van der Waals surface area contributed by atoms with E-state index in [-0.39, 0.29) is 6.15 Å². The first-order valence-electron chi connectivity index (χ1n) is 5.51. The zero-order valence-electron chi connectivity index (χ0n) is 10.2. The van der Waals surface area contributed by atoms with Crippen molar-refractivity contribution in [2.75, 3.05) is 13.7 Å². The molecule has 2 N–H and O–H groups in total. The lowest BCUT2D eigenvalue weighted by Gasteiger charge is -2.07. The van der Waals surface area contributed by atoms with E-state index in [4.69, 9.17) is 20.1 Å². The second-order valence-electron chi connectivity index (χ2n) is 3.63. The van der Waals surface area contributed by atoms with Crippen molar-refractivity contribution in [3.8, 4) is 5.75 Å². The molecule has 0 heterocycles. The average molecular weight is 245 g/mol. The van der Waals surface area contributed by atoms with Crippen LogP contribution in [0.3, 0.4) is 0 Å². The summed E-state index contributed by atoms with van der Waals surface area (Å²) in [6, 6.07) is 12.4. The third kappa shape index (κ3) is 3.42. The van der Waals surface area contributed by atoms with Crippen molar-refractivity contribution in [1.29, 1.82) is 0 Å². The van der Waals surface area contributed by atoms with E-state index in [1.54, 1.807) is 7.11 Å². The number of hydrogen-bond acceptors (Lipinski definition) is 4. The van der Waals surface area contributed by atoms with Crippen LogP contribution in [0.1, 0.15) is 5.56 Å². The number of rotatable bonds is 3. The zero-order valence-corrected chi connectivity index (χ0v) is 10.2. The van der Waals surface area contributed by atoms with Crippen LogP contribution in [0.15, 0.2) is 36.4 Å². The second kappa shape index (κ2) is 7.22. The molecule has 0 aromatic heterocycles. The summed E-state index contributed by atoms with van der Waals surface area (Å²) in [5, 5.41) is 2.48. The summed E-state index contributed by atoms with van der Waals surface area (Å²) in [5.74, 6) is 0.895. The van der Waals surface area contributed by atoms with Crippen LogP contribution in [0.5, 0.6) is 5.75 Å². The fourth-order valence-electron chi connectivity index (χ4n) is 1.82. The van der Waals surface area contributed by atoms with Crippen molar-refractivity contribution in [2.45, 2.75) is 6.42 Å². The topological polar surface area (TPSA) is 69.4 Å². The van der Waals surface area contributed by atoms with Gasteiger partial charge in [-0.05, 0) is 41.4 Å². The molecule has 0 amide bonds. The Labute approximate surface area is 105 Å². The number of hydrogen-bond donors (Lipinski definition) is 1. The van der Waals surface area contributed by atoms with E-state index in [0.717, 1.165) is 12.2 Å². The molecule has 18 heavy (non-hydrogen) atoms.